The molecule has 0 aromatic heterocycles. The van der Waals surface area contributed by atoms with E-state index in [1.165, 1.54) is 12.8 Å². The summed E-state index contributed by atoms with van der Waals surface area (Å²) in [5.74, 6) is 2.70. The zero-order valence-corrected chi connectivity index (χ0v) is 10.0. The van der Waals surface area contributed by atoms with Crippen LogP contribution in [-0.2, 0) is 4.79 Å². The van der Waals surface area contributed by atoms with E-state index in [4.69, 9.17) is 6.42 Å². The van der Waals surface area contributed by atoms with Gasteiger partial charge in [-0.05, 0) is 12.8 Å². The predicted octanol–water partition coefficient (Wildman–Crippen LogP) is 2.87. The van der Waals surface area contributed by atoms with Crippen molar-refractivity contribution in [2.24, 2.45) is 0 Å². The Morgan fingerprint density at radius 2 is 2.00 bits per heavy atom. The summed E-state index contributed by atoms with van der Waals surface area (Å²) in [6, 6.07) is -0.0753. The van der Waals surface area contributed by atoms with E-state index in [1.54, 1.807) is 0 Å². The molecule has 0 saturated carbocycles. The van der Waals surface area contributed by atoms with Gasteiger partial charge in [-0.3, -0.25) is 4.79 Å². The van der Waals surface area contributed by atoms with Gasteiger partial charge in [-0.15, -0.1) is 6.42 Å². The molecule has 0 aromatic rings. The van der Waals surface area contributed by atoms with E-state index in [1.807, 2.05) is 0 Å². The Balaban J connectivity index is 3.58. The van der Waals surface area contributed by atoms with E-state index in [0.717, 1.165) is 25.7 Å². The molecule has 2 heteroatoms. The summed E-state index contributed by atoms with van der Waals surface area (Å²) >= 11 is 0. The first-order valence-corrected chi connectivity index (χ1v) is 6.00. The maximum absolute atomic E-state index is 11.4. The maximum Gasteiger partial charge on any atom is 0.220 e. The van der Waals surface area contributed by atoms with Crippen molar-refractivity contribution in [1.82, 2.24) is 5.32 Å². The van der Waals surface area contributed by atoms with Crippen LogP contribution >= 0.6 is 0 Å². The normalized spacial score (nSPS) is 11.8. The van der Waals surface area contributed by atoms with Crippen LogP contribution < -0.4 is 5.32 Å². The van der Waals surface area contributed by atoms with Crippen LogP contribution in [0, 0.1) is 12.3 Å². The molecule has 0 aliphatic carbocycles. The van der Waals surface area contributed by atoms with Gasteiger partial charge in [0.1, 0.15) is 0 Å². The van der Waals surface area contributed by atoms with Crippen molar-refractivity contribution >= 4 is 5.91 Å². The first-order valence-electron chi connectivity index (χ1n) is 6.00. The van der Waals surface area contributed by atoms with Crippen LogP contribution in [0.15, 0.2) is 0 Å². The second-order valence-corrected chi connectivity index (χ2v) is 3.89. The van der Waals surface area contributed by atoms with Crippen LogP contribution in [0.4, 0.5) is 0 Å². The minimum Gasteiger partial charge on any atom is -0.342 e. The van der Waals surface area contributed by atoms with Gasteiger partial charge in [-0.25, -0.2) is 0 Å². The number of amides is 1. The minimum atomic E-state index is -0.0753. The molecule has 0 heterocycles. The van der Waals surface area contributed by atoms with Crippen molar-refractivity contribution in [3.05, 3.63) is 0 Å². The van der Waals surface area contributed by atoms with Gasteiger partial charge in [-0.2, -0.15) is 0 Å². The van der Waals surface area contributed by atoms with Crippen LogP contribution in [0.25, 0.3) is 0 Å². The largest absolute Gasteiger partial charge is 0.342 e. The number of hydrogen-bond acceptors (Lipinski definition) is 1. The third kappa shape index (κ3) is 8.05. The topological polar surface area (TPSA) is 29.1 Å². The van der Waals surface area contributed by atoms with Crippen molar-refractivity contribution in [1.29, 1.82) is 0 Å². The van der Waals surface area contributed by atoms with E-state index < -0.39 is 0 Å². The lowest BCUT2D eigenvalue weighted by Gasteiger charge is -2.11. The Kier molecular flexibility index (Phi) is 8.96. The summed E-state index contributed by atoms with van der Waals surface area (Å²) in [7, 11) is 0. The van der Waals surface area contributed by atoms with Gasteiger partial charge in [0.2, 0.25) is 5.91 Å². The van der Waals surface area contributed by atoms with Gasteiger partial charge in [0, 0.05) is 6.42 Å². The molecule has 1 amide bonds. The fraction of sp³-hybridized carbons (Fsp3) is 0.769. The smallest absolute Gasteiger partial charge is 0.220 e. The Morgan fingerprint density at radius 1 is 1.27 bits per heavy atom. The van der Waals surface area contributed by atoms with Gasteiger partial charge in [0.15, 0.2) is 0 Å². The number of rotatable bonds is 8. The van der Waals surface area contributed by atoms with Crippen LogP contribution in [0.1, 0.15) is 58.8 Å². The molecule has 0 aromatic carbocycles. The van der Waals surface area contributed by atoms with Crippen LogP contribution in [-0.4, -0.2) is 11.9 Å². The first kappa shape index (κ1) is 14.0. The fourth-order valence-electron chi connectivity index (χ4n) is 1.46. The van der Waals surface area contributed by atoms with E-state index in [2.05, 4.69) is 25.1 Å². The third-order valence-corrected chi connectivity index (χ3v) is 2.37. The molecule has 0 radical (unpaired) electrons. The van der Waals surface area contributed by atoms with Crippen LogP contribution in [0.5, 0.6) is 0 Å². The number of carbonyl (C=O) groups is 1. The number of nitrogens with one attached hydrogen (secondary N) is 1. The molecule has 1 atom stereocenters. The highest BCUT2D eigenvalue weighted by Gasteiger charge is 2.07. The molecule has 15 heavy (non-hydrogen) atoms. The molecular formula is C13H23NO. The maximum atomic E-state index is 11.4. The molecule has 0 aliphatic rings. The summed E-state index contributed by atoms with van der Waals surface area (Å²) in [6.45, 7) is 4.23. The highest BCUT2D eigenvalue weighted by molar-refractivity contribution is 5.76. The molecule has 0 fully saturated rings. The molecule has 86 valence electrons. The molecule has 1 unspecified atom stereocenters. The van der Waals surface area contributed by atoms with E-state index in [9.17, 15) is 4.79 Å². The van der Waals surface area contributed by atoms with E-state index in [0.29, 0.717) is 6.42 Å². The van der Waals surface area contributed by atoms with Crippen molar-refractivity contribution in [3.63, 3.8) is 0 Å². The lowest BCUT2D eigenvalue weighted by Crippen LogP contribution is -2.33. The quantitative estimate of drug-likeness (QED) is 0.483. The SMILES string of the molecule is C#CC(CCC)NC(=O)CCCCCC. The Morgan fingerprint density at radius 3 is 2.53 bits per heavy atom. The van der Waals surface area contributed by atoms with Crippen LogP contribution in [0.2, 0.25) is 0 Å². The monoisotopic (exact) mass is 209 g/mol. The van der Waals surface area contributed by atoms with E-state index in [-0.39, 0.29) is 11.9 Å². The first-order chi connectivity index (χ1) is 7.24. The van der Waals surface area contributed by atoms with Crippen molar-refractivity contribution < 1.29 is 4.79 Å². The van der Waals surface area contributed by atoms with Crippen LogP contribution in [0.3, 0.4) is 0 Å². The standard InChI is InChI=1S/C13H23NO/c1-4-7-8-9-11-13(15)14-12(6-3)10-5-2/h3,12H,4-5,7-11H2,1-2H3,(H,14,15). The average Bonchev–Trinajstić information content (AvgIpc) is 2.24. The molecule has 0 aliphatic heterocycles. The summed E-state index contributed by atoms with van der Waals surface area (Å²) < 4.78 is 0. The Labute approximate surface area is 93.8 Å². The fourth-order valence-corrected chi connectivity index (χ4v) is 1.46. The number of unbranched alkanes of at least 4 members (excludes halogenated alkanes) is 3. The number of hydrogen-bond donors (Lipinski definition) is 1. The minimum absolute atomic E-state index is 0.0753. The summed E-state index contributed by atoms with van der Waals surface area (Å²) in [5.41, 5.74) is 0. The molecular weight excluding hydrogens is 186 g/mol. The second kappa shape index (κ2) is 9.58. The zero-order chi connectivity index (χ0) is 11.5. The summed E-state index contributed by atoms with van der Waals surface area (Å²) in [4.78, 5) is 11.4. The van der Waals surface area contributed by atoms with Crippen molar-refractivity contribution in [2.75, 3.05) is 0 Å². The molecule has 2 nitrogen and oxygen atoms in total. The Hall–Kier alpha value is -0.970. The third-order valence-electron chi connectivity index (χ3n) is 2.37. The molecule has 1 N–H and O–H groups in total. The highest BCUT2D eigenvalue weighted by Crippen LogP contribution is 2.03. The summed E-state index contributed by atoms with van der Waals surface area (Å²) in [5, 5.41) is 2.87. The van der Waals surface area contributed by atoms with Gasteiger partial charge in [0.25, 0.3) is 0 Å². The number of carbonyl (C=O) groups excluding carboxylic acids is 1. The molecule has 0 spiro atoms. The predicted molar refractivity (Wildman–Crippen MR) is 64.4 cm³/mol. The van der Waals surface area contributed by atoms with Gasteiger partial charge < -0.3 is 5.32 Å². The van der Waals surface area contributed by atoms with Crippen molar-refractivity contribution in [3.8, 4) is 12.3 Å². The summed E-state index contributed by atoms with van der Waals surface area (Å²) in [6.07, 6.45) is 12.3. The molecule has 0 bridgehead atoms. The lowest BCUT2D eigenvalue weighted by molar-refractivity contribution is -0.121. The van der Waals surface area contributed by atoms with Gasteiger partial charge in [0.05, 0.1) is 6.04 Å². The van der Waals surface area contributed by atoms with E-state index >= 15 is 0 Å². The average molecular weight is 209 g/mol. The molecule has 0 rings (SSSR count). The number of terminal acetylenes is 1. The zero-order valence-electron chi connectivity index (χ0n) is 10.0. The van der Waals surface area contributed by atoms with Gasteiger partial charge in [-0.1, -0.05) is 45.5 Å². The Bertz CT molecular complexity index is 205. The second-order valence-electron chi connectivity index (χ2n) is 3.89. The van der Waals surface area contributed by atoms with Gasteiger partial charge >= 0.3 is 0 Å². The lowest BCUT2D eigenvalue weighted by atomic mass is 10.1. The highest BCUT2D eigenvalue weighted by atomic mass is 16.1. The van der Waals surface area contributed by atoms with Crippen molar-refractivity contribution in [2.45, 2.75) is 64.8 Å². The molecule has 0 saturated heterocycles.